The second-order valence-electron chi connectivity index (χ2n) is 9.41. The molecule has 0 bridgehead atoms. The lowest BCUT2D eigenvalue weighted by atomic mass is 10.1. The summed E-state index contributed by atoms with van der Waals surface area (Å²) >= 11 is 0. The number of nitrogens with one attached hydrogen (secondary N) is 2. The second kappa shape index (κ2) is 8.30. The molecule has 0 atom stereocenters. The van der Waals surface area contributed by atoms with Crippen LogP contribution in [0.25, 0.3) is 44.6 Å². The highest BCUT2D eigenvalue weighted by Gasteiger charge is 2.29. The van der Waals surface area contributed by atoms with Crippen LogP contribution in [0.3, 0.4) is 0 Å². The van der Waals surface area contributed by atoms with Crippen LogP contribution in [-0.2, 0) is 0 Å². The lowest BCUT2D eigenvalue weighted by Gasteiger charge is -2.30. The molecule has 2 N–H and O–H groups in total. The van der Waals surface area contributed by atoms with Gasteiger partial charge < -0.3 is 15.2 Å². The molecule has 0 amide bonds. The van der Waals surface area contributed by atoms with Gasteiger partial charge in [-0.1, -0.05) is 6.07 Å². The van der Waals surface area contributed by atoms with Crippen LogP contribution in [0, 0.1) is 11.6 Å². The average Bonchev–Trinajstić information content (AvgIpc) is 3.66. The Morgan fingerprint density at radius 1 is 0.972 bits per heavy atom. The fourth-order valence-corrected chi connectivity index (χ4v) is 5.13. The highest BCUT2D eigenvalue weighted by molar-refractivity contribution is 5.98. The number of hydrogen-bond donors (Lipinski definition) is 2. The smallest absolute Gasteiger partial charge is 0.163 e. The Labute approximate surface area is 205 Å². The Kier molecular flexibility index (Phi) is 4.92. The van der Waals surface area contributed by atoms with Crippen molar-refractivity contribution >= 4 is 27.8 Å². The zero-order chi connectivity index (χ0) is 24.2. The van der Waals surface area contributed by atoms with Gasteiger partial charge in [-0.2, -0.15) is 0 Å². The van der Waals surface area contributed by atoms with E-state index in [4.69, 9.17) is 9.97 Å². The standard InChI is InChI=1S/C27H23F2N7/c28-19-2-1-3-20(29)24(19)21-12-17-16(6-7-32-25(17)33-21)26-34-22-14-31-13-18(15-4-5-15)23(22)27(35-26)36-10-8-30-9-11-36/h1-3,6-7,12-15,30H,4-5,8-11H2,(H,32,33). The lowest BCUT2D eigenvalue weighted by Crippen LogP contribution is -2.44. The van der Waals surface area contributed by atoms with Gasteiger partial charge in [-0.25, -0.2) is 23.7 Å². The maximum absolute atomic E-state index is 14.5. The van der Waals surface area contributed by atoms with E-state index < -0.39 is 11.6 Å². The Morgan fingerprint density at radius 3 is 2.56 bits per heavy atom. The molecular weight excluding hydrogens is 460 g/mol. The third kappa shape index (κ3) is 3.50. The Bertz CT molecular complexity index is 1600. The number of aromatic amines is 1. The molecule has 2 aliphatic rings. The van der Waals surface area contributed by atoms with Gasteiger partial charge in [0.05, 0.1) is 23.0 Å². The number of rotatable bonds is 4. The van der Waals surface area contributed by atoms with Crippen LogP contribution in [-0.4, -0.2) is 51.1 Å². The maximum atomic E-state index is 14.5. The van der Waals surface area contributed by atoms with Gasteiger partial charge in [0.25, 0.3) is 0 Å². The molecule has 2 fully saturated rings. The van der Waals surface area contributed by atoms with Crippen molar-refractivity contribution in [3.8, 4) is 22.6 Å². The van der Waals surface area contributed by atoms with Crippen LogP contribution in [0.2, 0.25) is 0 Å². The second-order valence-corrected chi connectivity index (χ2v) is 9.41. The van der Waals surface area contributed by atoms with Gasteiger partial charge in [-0.05, 0) is 48.6 Å². The van der Waals surface area contributed by atoms with E-state index >= 15 is 0 Å². The van der Waals surface area contributed by atoms with E-state index in [0.29, 0.717) is 28.5 Å². The molecule has 1 aromatic carbocycles. The molecule has 1 aliphatic heterocycles. The number of fused-ring (bicyclic) bond motifs is 2. The van der Waals surface area contributed by atoms with Crippen LogP contribution >= 0.6 is 0 Å². The summed E-state index contributed by atoms with van der Waals surface area (Å²) in [5.41, 5.74) is 3.49. The zero-order valence-corrected chi connectivity index (χ0v) is 19.4. The summed E-state index contributed by atoms with van der Waals surface area (Å²) in [6.45, 7) is 3.48. The summed E-state index contributed by atoms with van der Waals surface area (Å²) in [6, 6.07) is 7.41. The molecule has 0 spiro atoms. The van der Waals surface area contributed by atoms with E-state index in [-0.39, 0.29) is 5.56 Å². The highest BCUT2D eigenvalue weighted by atomic mass is 19.1. The first-order valence-corrected chi connectivity index (χ1v) is 12.2. The predicted molar refractivity (Wildman–Crippen MR) is 135 cm³/mol. The number of H-pyrrole nitrogens is 1. The number of benzene rings is 1. The monoisotopic (exact) mass is 483 g/mol. The van der Waals surface area contributed by atoms with Crippen LogP contribution in [0.4, 0.5) is 14.6 Å². The largest absolute Gasteiger partial charge is 0.353 e. The molecule has 7 nitrogen and oxygen atoms in total. The normalized spacial score (nSPS) is 16.2. The fraction of sp³-hybridized carbons (Fsp3) is 0.259. The lowest BCUT2D eigenvalue weighted by molar-refractivity contribution is 0.586. The van der Waals surface area contributed by atoms with E-state index in [9.17, 15) is 8.78 Å². The van der Waals surface area contributed by atoms with Crippen molar-refractivity contribution in [2.45, 2.75) is 18.8 Å². The molecule has 1 saturated heterocycles. The van der Waals surface area contributed by atoms with Gasteiger partial charge in [-0.3, -0.25) is 4.98 Å². The number of halogens is 2. The molecule has 0 unspecified atom stereocenters. The van der Waals surface area contributed by atoms with Crippen molar-refractivity contribution in [3.05, 3.63) is 66.1 Å². The van der Waals surface area contributed by atoms with Gasteiger partial charge in [0.1, 0.15) is 23.1 Å². The summed E-state index contributed by atoms with van der Waals surface area (Å²) in [4.78, 5) is 24.3. The van der Waals surface area contributed by atoms with Crippen molar-refractivity contribution in [2.24, 2.45) is 0 Å². The quantitative estimate of drug-likeness (QED) is 0.382. The van der Waals surface area contributed by atoms with Crippen molar-refractivity contribution in [3.63, 3.8) is 0 Å². The first-order chi connectivity index (χ1) is 17.7. The Balaban J connectivity index is 1.44. The molecule has 9 heteroatoms. The van der Waals surface area contributed by atoms with Crippen LogP contribution in [0.5, 0.6) is 0 Å². The Morgan fingerprint density at radius 2 is 1.78 bits per heavy atom. The molecule has 1 saturated carbocycles. The van der Waals surface area contributed by atoms with E-state index in [1.165, 1.54) is 23.8 Å². The molecule has 1 aliphatic carbocycles. The van der Waals surface area contributed by atoms with Gasteiger partial charge in [-0.15, -0.1) is 0 Å². The third-order valence-corrected chi connectivity index (χ3v) is 7.06. The minimum absolute atomic E-state index is 0.110. The topological polar surface area (TPSA) is 82.6 Å². The first kappa shape index (κ1) is 21.3. The Hall–Kier alpha value is -3.98. The summed E-state index contributed by atoms with van der Waals surface area (Å²) < 4.78 is 29.0. The van der Waals surface area contributed by atoms with Crippen LogP contribution in [0.1, 0.15) is 24.3 Å². The molecule has 5 heterocycles. The van der Waals surface area contributed by atoms with E-state index in [2.05, 4.69) is 25.2 Å². The maximum Gasteiger partial charge on any atom is 0.163 e. The average molecular weight is 484 g/mol. The highest BCUT2D eigenvalue weighted by Crippen LogP contribution is 2.45. The van der Waals surface area contributed by atoms with Gasteiger partial charge >= 0.3 is 0 Å². The van der Waals surface area contributed by atoms with Crippen molar-refractivity contribution in [2.75, 3.05) is 31.1 Å². The van der Waals surface area contributed by atoms with Crippen molar-refractivity contribution < 1.29 is 8.78 Å². The van der Waals surface area contributed by atoms with Crippen LogP contribution < -0.4 is 10.2 Å². The number of nitrogens with zero attached hydrogens (tertiary/aromatic N) is 5. The molecular formula is C27H23F2N7. The van der Waals surface area contributed by atoms with Crippen molar-refractivity contribution in [1.29, 1.82) is 0 Å². The molecule has 7 rings (SSSR count). The molecule has 4 aromatic heterocycles. The van der Waals surface area contributed by atoms with Gasteiger partial charge in [0.15, 0.2) is 5.82 Å². The predicted octanol–water partition coefficient (Wildman–Crippen LogP) is 4.80. The molecule has 36 heavy (non-hydrogen) atoms. The summed E-state index contributed by atoms with van der Waals surface area (Å²) in [5.74, 6) is 0.696. The van der Waals surface area contributed by atoms with E-state index in [0.717, 1.165) is 61.3 Å². The summed E-state index contributed by atoms with van der Waals surface area (Å²) in [7, 11) is 0. The zero-order valence-electron chi connectivity index (χ0n) is 19.4. The first-order valence-electron chi connectivity index (χ1n) is 12.2. The van der Waals surface area contributed by atoms with Gasteiger partial charge in [0, 0.05) is 54.9 Å². The number of pyridine rings is 2. The number of aromatic nitrogens is 5. The molecule has 0 radical (unpaired) electrons. The molecule has 5 aromatic rings. The van der Waals surface area contributed by atoms with E-state index in [1.807, 2.05) is 12.3 Å². The minimum atomic E-state index is -0.635. The van der Waals surface area contributed by atoms with Crippen LogP contribution in [0.15, 0.2) is 48.9 Å². The minimum Gasteiger partial charge on any atom is -0.353 e. The number of anilines is 1. The SMILES string of the molecule is Fc1cccc(F)c1-c1cc2c(-c3nc(N4CCNCC4)c4c(C5CC5)cncc4n3)ccnc2[nH]1. The van der Waals surface area contributed by atoms with Gasteiger partial charge in [0.2, 0.25) is 0 Å². The van der Waals surface area contributed by atoms with Crippen molar-refractivity contribution in [1.82, 2.24) is 30.2 Å². The molecule has 180 valence electrons. The number of piperazine rings is 1. The van der Waals surface area contributed by atoms with E-state index in [1.54, 1.807) is 18.5 Å². The fourth-order valence-electron chi connectivity index (χ4n) is 5.13. The number of hydrogen-bond acceptors (Lipinski definition) is 6. The third-order valence-electron chi connectivity index (χ3n) is 7.06. The summed E-state index contributed by atoms with van der Waals surface area (Å²) in [5, 5.41) is 5.19. The summed E-state index contributed by atoms with van der Waals surface area (Å²) in [6.07, 6.45) is 7.74.